The monoisotopic (exact) mass is 257 g/mol. The van der Waals surface area contributed by atoms with Crippen molar-refractivity contribution in [3.05, 3.63) is 42.2 Å². The van der Waals surface area contributed by atoms with Gasteiger partial charge in [-0.15, -0.1) is 0 Å². The van der Waals surface area contributed by atoms with Gasteiger partial charge in [0.2, 0.25) is 0 Å². The summed E-state index contributed by atoms with van der Waals surface area (Å²) in [4.78, 5) is 6.72. The van der Waals surface area contributed by atoms with E-state index >= 15 is 0 Å². The van der Waals surface area contributed by atoms with Crippen molar-refractivity contribution >= 4 is 0 Å². The van der Waals surface area contributed by atoms with Gasteiger partial charge in [-0.3, -0.25) is 0 Å². The Bertz CT molecular complexity index is 540. The van der Waals surface area contributed by atoms with E-state index in [9.17, 15) is 0 Å². The third-order valence-corrected chi connectivity index (χ3v) is 3.63. The lowest BCUT2D eigenvalue weighted by atomic mass is 10.0. The second-order valence-corrected chi connectivity index (χ2v) is 5.52. The zero-order valence-electron chi connectivity index (χ0n) is 12.5. The molecule has 0 saturated carbocycles. The summed E-state index contributed by atoms with van der Waals surface area (Å²) in [6.07, 6.45) is 3.92. The van der Waals surface area contributed by atoms with E-state index in [1.165, 1.54) is 11.1 Å². The van der Waals surface area contributed by atoms with Crippen molar-refractivity contribution in [2.75, 3.05) is 14.1 Å². The Morgan fingerprint density at radius 3 is 2.53 bits per heavy atom. The van der Waals surface area contributed by atoms with E-state index in [-0.39, 0.29) is 0 Å². The van der Waals surface area contributed by atoms with Gasteiger partial charge in [0.25, 0.3) is 0 Å². The average Bonchev–Trinajstić information content (AvgIpc) is 2.87. The lowest BCUT2D eigenvalue weighted by Crippen LogP contribution is -2.16. The van der Waals surface area contributed by atoms with Gasteiger partial charge in [-0.1, -0.05) is 18.2 Å². The van der Waals surface area contributed by atoms with Crippen molar-refractivity contribution in [3.8, 4) is 11.4 Å². The molecule has 0 radical (unpaired) electrons. The van der Waals surface area contributed by atoms with Gasteiger partial charge in [-0.2, -0.15) is 0 Å². The Labute approximate surface area is 115 Å². The molecular formula is C16H23N3. The van der Waals surface area contributed by atoms with Crippen LogP contribution in [0.5, 0.6) is 0 Å². The quantitative estimate of drug-likeness (QED) is 0.831. The summed E-state index contributed by atoms with van der Waals surface area (Å²) < 4.78 is 2.21. The highest BCUT2D eigenvalue weighted by molar-refractivity contribution is 5.57. The Balaban J connectivity index is 2.41. The van der Waals surface area contributed by atoms with Crippen molar-refractivity contribution < 1.29 is 0 Å². The highest BCUT2D eigenvalue weighted by Crippen LogP contribution is 2.25. The lowest BCUT2D eigenvalue weighted by Gasteiger charge is -2.21. The highest BCUT2D eigenvalue weighted by Gasteiger charge is 2.12. The Hall–Kier alpha value is -1.61. The standard InChI is InChI=1S/C16H23N3/c1-12(2)19-10-9-17-16(19)15-8-6-7-14(11-15)13(3)18(4)5/h6-13H,1-5H3/t13-/m1/s1. The van der Waals surface area contributed by atoms with E-state index in [1.807, 2.05) is 12.4 Å². The van der Waals surface area contributed by atoms with E-state index in [2.05, 4.69) is 73.6 Å². The van der Waals surface area contributed by atoms with E-state index < -0.39 is 0 Å². The molecule has 0 aliphatic carbocycles. The molecule has 3 heteroatoms. The van der Waals surface area contributed by atoms with Crippen LogP contribution in [0.4, 0.5) is 0 Å². The molecule has 3 nitrogen and oxygen atoms in total. The van der Waals surface area contributed by atoms with Gasteiger partial charge in [0, 0.05) is 30.0 Å². The molecule has 0 unspecified atom stereocenters. The third-order valence-electron chi connectivity index (χ3n) is 3.63. The van der Waals surface area contributed by atoms with Gasteiger partial charge in [0.15, 0.2) is 0 Å². The molecule has 1 atom stereocenters. The average molecular weight is 257 g/mol. The van der Waals surface area contributed by atoms with Crippen LogP contribution in [0, 0.1) is 0 Å². The molecule has 0 spiro atoms. The van der Waals surface area contributed by atoms with Crippen LogP contribution in [0.2, 0.25) is 0 Å². The summed E-state index contributed by atoms with van der Waals surface area (Å²) in [6.45, 7) is 6.57. The minimum absolute atomic E-state index is 0.405. The molecule has 1 heterocycles. The van der Waals surface area contributed by atoms with E-state index in [1.54, 1.807) is 0 Å². The van der Waals surface area contributed by atoms with Crippen LogP contribution in [0.1, 0.15) is 38.4 Å². The smallest absolute Gasteiger partial charge is 0.140 e. The summed E-state index contributed by atoms with van der Waals surface area (Å²) in [5.74, 6) is 1.04. The second-order valence-electron chi connectivity index (χ2n) is 5.52. The van der Waals surface area contributed by atoms with Gasteiger partial charge in [0.05, 0.1) is 0 Å². The molecule has 0 bridgehead atoms. The zero-order chi connectivity index (χ0) is 14.0. The van der Waals surface area contributed by atoms with Crippen molar-refractivity contribution in [3.63, 3.8) is 0 Å². The van der Waals surface area contributed by atoms with Gasteiger partial charge in [-0.05, 0) is 46.5 Å². The first-order chi connectivity index (χ1) is 9.00. The number of nitrogens with zero attached hydrogens (tertiary/aromatic N) is 3. The Morgan fingerprint density at radius 1 is 1.16 bits per heavy atom. The maximum atomic E-state index is 4.50. The first-order valence-electron chi connectivity index (χ1n) is 6.80. The number of aromatic nitrogens is 2. The van der Waals surface area contributed by atoms with Crippen LogP contribution < -0.4 is 0 Å². The molecule has 1 aromatic carbocycles. The SMILES string of the molecule is CC(C)n1ccnc1-c1cccc([C@@H](C)N(C)C)c1. The van der Waals surface area contributed by atoms with E-state index in [0.717, 1.165) is 5.82 Å². The van der Waals surface area contributed by atoms with Crippen molar-refractivity contribution in [1.29, 1.82) is 0 Å². The molecule has 0 aliphatic heterocycles. The Morgan fingerprint density at radius 2 is 1.89 bits per heavy atom. The molecule has 0 fully saturated rings. The summed E-state index contributed by atoms with van der Waals surface area (Å²) >= 11 is 0. The third kappa shape index (κ3) is 2.87. The summed E-state index contributed by atoms with van der Waals surface area (Å²) in [6, 6.07) is 9.50. The van der Waals surface area contributed by atoms with Gasteiger partial charge >= 0.3 is 0 Å². The molecule has 0 saturated heterocycles. The lowest BCUT2D eigenvalue weighted by molar-refractivity contribution is 0.321. The Kier molecular flexibility index (Phi) is 4.05. The van der Waals surface area contributed by atoms with Crippen LogP contribution in [0.15, 0.2) is 36.7 Å². The molecule has 0 amide bonds. The fourth-order valence-electron chi connectivity index (χ4n) is 2.19. The molecule has 0 N–H and O–H groups in total. The number of imidazole rings is 1. The van der Waals surface area contributed by atoms with Gasteiger partial charge in [-0.25, -0.2) is 4.98 Å². The minimum Gasteiger partial charge on any atom is -0.328 e. The summed E-state index contributed by atoms with van der Waals surface area (Å²) in [5, 5.41) is 0. The first-order valence-corrected chi connectivity index (χ1v) is 6.80. The molecule has 2 aromatic rings. The maximum Gasteiger partial charge on any atom is 0.140 e. The fraction of sp³-hybridized carbons (Fsp3) is 0.438. The molecule has 102 valence electrons. The first kappa shape index (κ1) is 13.8. The summed E-state index contributed by atoms with van der Waals surface area (Å²) in [7, 11) is 4.21. The topological polar surface area (TPSA) is 21.1 Å². The van der Waals surface area contributed by atoms with Crippen LogP contribution in [-0.2, 0) is 0 Å². The maximum absolute atomic E-state index is 4.50. The molecular weight excluding hydrogens is 234 g/mol. The normalized spacial score (nSPS) is 13.2. The summed E-state index contributed by atoms with van der Waals surface area (Å²) in [5.41, 5.74) is 2.51. The number of benzene rings is 1. The van der Waals surface area contributed by atoms with E-state index in [4.69, 9.17) is 0 Å². The number of hydrogen-bond donors (Lipinski definition) is 0. The van der Waals surface area contributed by atoms with Crippen molar-refractivity contribution in [2.45, 2.75) is 32.9 Å². The molecule has 1 aromatic heterocycles. The van der Waals surface area contributed by atoms with Crippen molar-refractivity contribution in [1.82, 2.24) is 14.5 Å². The highest BCUT2D eigenvalue weighted by atomic mass is 15.1. The van der Waals surface area contributed by atoms with Crippen LogP contribution in [-0.4, -0.2) is 28.5 Å². The van der Waals surface area contributed by atoms with Crippen LogP contribution in [0.25, 0.3) is 11.4 Å². The fourth-order valence-corrected chi connectivity index (χ4v) is 2.19. The van der Waals surface area contributed by atoms with Gasteiger partial charge < -0.3 is 9.47 Å². The molecule has 0 aliphatic rings. The van der Waals surface area contributed by atoms with Gasteiger partial charge in [0.1, 0.15) is 5.82 Å². The van der Waals surface area contributed by atoms with Crippen molar-refractivity contribution in [2.24, 2.45) is 0 Å². The predicted octanol–water partition coefficient (Wildman–Crippen LogP) is 3.75. The predicted molar refractivity (Wildman–Crippen MR) is 80.2 cm³/mol. The molecule has 19 heavy (non-hydrogen) atoms. The minimum atomic E-state index is 0.405. The van der Waals surface area contributed by atoms with E-state index in [0.29, 0.717) is 12.1 Å². The number of hydrogen-bond acceptors (Lipinski definition) is 2. The second kappa shape index (κ2) is 5.57. The van der Waals surface area contributed by atoms with Crippen LogP contribution >= 0.6 is 0 Å². The van der Waals surface area contributed by atoms with Crippen LogP contribution in [0.3, 0.4) is 0 Å². The molecule has 2 rings (SSSR count). The largest absolute Gasteiger partial charge is 0.328 e. The number of rotatable bonds is 4. The zero-order valence-corrected chi connectivity index (χ0v) is 12.5.